The number of anilines is 2. The second-order valence-electron chi connectivity index (χ2n) is 9.17. The lowest BCUT2D eigenvalue weighted by atomic mass is 9.89. The second kappa shape index (κ2) is 7.60. The van der Waals surface area contributed by atoms with Crippen LogP contribution in [0.2, 0.25) is 0 Å². The first-order chi connectivity index (χ1) is 14.8. The fourth-order valence-electron chi connectivity index (χ4n) is 5.77. The van der Waals surface area contributed by atoms with Crippen LogP contribution in [0, 0.1) is 0 Å². The summed E-state index contributed by atoms with van der Waals surface area (Å²) in [7, 11) is 0. The third kappa shape index (κ3) is 3.13. The van der Waals surface area contributed by atoms with Gasteiger partial charge in [0.25, 0.3) is 0 Å². The number of nitrogens with zero attached hydrogens (tertiary/aromatic N) is 3. The van der Waals surface area contributed by atoms with Crippen molar-refractivity contribution in [2.45, 2.75) is 63.8 Å². The molecule has 5 heteroatoms. The molecule has 1 fully saturated rings. The number of imidazole rings is 1. The van der Waals surface area contributed by atoms with E-state index < -0.39 is 0 Å². The first kappa shape index (κ1) is 18.7. The third-order valence-electron chi connectivity index (χ3n) is 7.15. The van der Waals surface area contributed by atoms with Crippen molar-refractivity contribution in [2.24, 2.45) is 0 Å². The molecule has 1 saturated carbocycles. The third-order valence-corrected chi connectivity index (χ3v) is 7.77. The van der Waals surface area contributed by atoms with Gasteiger partial charge >= 0.3 is 0 Å². The first-order valence-corrected chi connectivity index (χ1v) is 12.4. The molecule has 2 aromatic heterocycles. The average molecular weight is 465 g/mol. The highest BCUT2D eigenvalue weighted by Crippen LogP contribution is 2.41. The number of pyridine rings is 1. The fraction of sp³-hybridized carbons (Fsp3) is 0.480. The van der Waals surface area contributed by atoms with Crippen molar-refractivity contribution in [1.29, 1.82) is 0 Å². The van der Waals surface area contributed by atoms with Gasteiger partial charge in [0.2, 0.25) is 0 Å². The van der Waals surface area contributed by atoms with Crippen molar-refractivity contribution in [3.63, 3.8) is 0 Å². The average Bonchev–Trinajstić information content (AvgIpc) is 3.14. The number of aryl methyl sites for hydroxylation is 2. The summed E-state index contributed by atoms with van der Waals surface area (Å²) < 4.78 is 3.31. The predicted octanol–water partition coefficient (Wildman–Crippen LogP) is 6.21. The molecular formula is C25H29BrN4. The Morgan fingerprint density at radius 2 is 1.67 bits per heavy atom. The van der Waals surface area contributed by atoms with Crippen molar-refractivity contribution in [2.75, 3.05) is 23.3 Å². The van der Waals surface area contributed by atoms with Crippen LogP contribution in [0.15, 0.2) is 34.9 Å². The minimum atomic E-state index is 0.538. The lowest BCUT2D eigenvalue weighted by molar-refractivity contribution is 0.461. The van der Waals surface area contributed by atoms with Gasteiger partial charge in [0.05, 0.1) is 4.60 Å². The van der Waals surface area contributed by atoms with E-state index in [4.69, 9.17) is 4.98 Å². The molecule has 0 amide bonds. The number of hydrogen-bond acceptors (Lipinski definition) is 3. The van der Waals surface area contributed by atoms with E-state index in [0.29, 0.717) is 6.04 Å². The lowest BCUT2D eigenvalue weighted by Crippen LogP contribution is -2.34. The topological polar surface area (TPSA) is 32.6 Å². The summed E-state index contributed by atoms with van der Waals surface area (Å²) in [6.45, 7) is 2.43. The van der Waals surface area contributed by atoms with Gasteiger partial charge in [-0.2, -0.15) is 0 Å². The zero-order valence-electron chi connectivity index (χ0n) is 17.5. The highest BCUT2D eigenvalue weighted by molar-refractivity contribution is 9.10. The van der Waals surface area contributed by atoms with Gasteiger partial charge in [-0.1, -0.05) is 25.3 Å². The molecule has 156 valence electrons. The van der Waals surface area contributed by atoms with Crippen molar-refractivity contribution in [3.8, 4) is 11.3 Å². The summed E-state index contributed by atoms with van der Waals surface area (Å²) in [5.74, 6) is 1.15. The number of benzene rings is 1. The molecule has 0 unspecified atom stereocenters. The molecule has 0 spiro atoms. The van der Waals surface area contributed by atoms with Gasteiger partial charge in [0.15, 0.2) is 0 Å². The van der Waals surface area contributed by atoms with E-state index >= 15 is 0 Å². The Morgan fingerprint density at radius 1 is 0.933 bits per heavy atom. The van der Waals surface area contributed by atoms with Gasteiger partial charge in [0, 0.05) is 30.4 Å². The number of fused-ring (bicyclic) bond motifs is 1. The summed E-state index contributed by atoms with van der Waals surface area (Å²) >= 11 is 3.78. The van der Waals surface area contributed by atoms with Gasteiger partial charge in [-0.3, -0.25) is 4.40 Å². The normalized spacial score (nSPS) is 19.2. The Bertz CT molecular complexity index is 1060. The Hall–Kier alpha value is -2.01. The molecule has 1 aliphatic carbocycles. The molecule has 1 aromatic carbocycles. The van der Waals surface area contributed by atoms with E-state index in [1.165, 1.54) is 93.3 Å². The van der Waals surface area contributed by atoms with E-state index in [0.717, 1.165) is 21.8 Å². The maximum Gasteiger partial charge on any atom is 0.140 e. The number of halogens is 1. The molecule has 3 aromatic rings. The van der Waals surface area contributed by atoms with Crippen LogP contribution in [0.1, 0.15) is 56.1 Å². The minimum Gasteiger partial charge on any atom is -0.371 e. The highest BCUT2D eigenvalue weighted by atomic mass is 79.9. The summed E-state index contributed by atoms with van der Waals surface area (Å²) in [4.78, 5) is 7.74. The van der Waals surface area contributed by atoms with Crippen LogP contribution in [0.4, 0.5) is 11.5 Å². The summed E-state index contributed by atoms with van der Waals surface area (Å²) in [5.41, 5.74) is 7.96. The number of aromatic nitrogens is 2. The minimum absolute atomic E-state index is 0.538. The second-order valence-corrected chi connectivity index (χ2v) is 9.98. The number of nitrogens with one attached hydrogen (secondary N) is 1. The largest absolute Gasteiger partial charge is 0.371 e. The van der Waals surface area contributed by atoms with E-state index in [-0.39, 0.29) is 0 Å². The fourth-order valence-corrected chi connectivity index (χ4v) is 6.28. The van der Waals surface area contributed by atoms with Gasteiger partial charge in [-0.25, -0.2) is 4.98 Å². The smallest absolute Gasteiger partial charge is 0.140 e. The van der Waals surface area contributed by atoms with Crippen LogP contribution < -0.4 is 10.2 Å². The molecule has 4 nitrogen and oxygen atoms in total. The zero-order chi connectivity index (χ0) is 20.1. The highest BCUT2D eigenvalue weighted by Gasteiger charge is 2.27. The number of rotatable bonds is 3. The van der Waals surface area contributed by atoms with Crippen molar-refractivity contribution in [1.82, 2.24) is 9.38 Å². The molecule has 30 heavy (non-hydrogen) atoms. The van der Waals surface area contributed by atoms with Gasteiger partial charge in [-0.05, 0) is 89.8 Å². The molecular weight excluding hydrogens is 436 g/mol. The molecule has 0 bridgehead atoms. The Kier molecular flexibility index (Phi) is 4.74. The lowest BCUT2D eigenvalue weighted by Gasteiger charge is -2.37. The summed E-state index contributed by atoms with van der Waals surface area (Å²) in [6, 6.07) is 11.7. The van der Waals surface area contributed by atoms with Crippen LogP contribution in [0.3, 0.4) is 0 Å². The van der Waals surface area contributed by atoms with E-state index in [1.54, 1.807) is 0 Å². The molecule has 0 saturated heterocycles. The predicted molar refractivity (Wildman–Crippen MR) is 128 cm³/mol. The maximum atomic E-state index is 5.13. The molecule has 3 aliphatic rings. The molecule has 0 radical (unpaired) electrons. The van der Waals surface area contributed by atoms with Gasteiger partial charge < -0.3 is 10.2 Å². The quantitative estimate of drug-likeness (QED) is 0.467. The van der Waals surface area contributed by atoms with E-state index in [2.05, 4.69) is 60.9 Å². The number of hydrogen-bond donors (Lipinski definition) is 1. The van der Waals surface area contributed by atoms with E-state index in [9.17, 15) is 0 Å². The Morgan fingerprint density at radius 3 is 2.40 bits per heavy atom. The molecule has 0 atom stereocenters. The SMILES string of the molecule is Brc1cccc2nc(-c3cc4c5c(c3)CCCN5CCC4)c(NC3CCCCC3)n12. The monoisotopic (exact) mass is 464 g/mol. The summed E-state index contributed by atoms with van der Waals surface area (Å²) in [5, 5.41) is 3.91. The van der Waals surface area contributed by atoms with Crippen LogP contribution in [-0.4, -0.2) is 28.5 Å². The molecule has 4 heterocycles. The van der Waals surface area contributed by atoms with Gasteiger partial charge in [0.1, 0.15) is 17.2 Å². The maximum absolute atomic E-state index is 5.13. The van der Waals surface area contributed by atoms with Crippen LogP contribution in [0.25, 0.3) is 16.9 Å². The van der Waals surface area contributed by atoms with Crippen molar-refractivity contribution >= 4 is 33.1 Å². The zero-order valence-corrected chi connectivity index (χ0v) is 19.0. The van der Waals surface area contributed by atoms with Crippen LogP contribution >= 0.6 is 15.9 Å². The van der Waals surface area contributed by atoms with Crippen LogP contribution in [0.5, 0.6) is 0 Å². The molecule has 1 N–H and O–H groups in total. The Balaban J connectivity index is 1.51. The van der Waals surface area contributed by atoms with Gasteiger partial charge in [-0.15, -0.1) is 0 Å². The summed E-state index contributed by atoms with van der Waals surface area (Å²) in [6.07, 6.45) is 11.4. The Labute approximate surface area is 186 Å². The van der Waals surface area contributed by atoms with E-state index in [1.807, 2.05) is 0 Å². The standard InChI is InChI=1S/C25H29BrN4/c26-21-11-4-12-22-28-23(25(30(21)22)27-20-9-2-1-3-10-20)19-15-17-7-5-13-29-14-6-8-18(16-19)24(17)29/h4,11-12,15-16,20,27H,1-3,5-10,13-14H2. The van der Waals surface area contributed by atoms with Crippen molar-refractivity contribution in [3.05, 3.63) is 46.1 Å². The molecule has 6 rings (SSSR count). The van der Waals surface area contributed by atoms with Crippen LogP contribution in [-0.2, 0) is 12.8 Å². The van der Waals surface area contributed by atoms with Crippen molar-refractivity contribution < 1.29 is 0 Å². The first-order valence-electron chi connectivity index (χ1n) is 11.6. The molecule has 2 aliphatic heterocycles.